The van der Waals surface area contributed by atoms with Gasteiger partial charge in [0.2, 0.25) is 0 Å². The summed E-state index contributed by atoms with van der Waals surface area (Å²) in [6, 6.07) is 5.31. The number of rotatable bonds is 5. The fourth-order valence-corrected chi connectivity index (χ4v) is 1.27. The van der Waals surface area contributed by atoms with E-state index in [1.807, 2.05) is 13.0 Å². The summed E-state index contributed by atoms with van der Waals surface area (Å²) in [5, 5.41) is 20.9. The highest BCUT2D eigenvalue weighted by atomic mass is 16.4. The molecule has 5 nitrogen and oxygen atoms in total. The molecule has 5 heteroatoms. The minimum atomic E-state index is -0.859. The zero-order chi connectivity index (χ0) is 12.9. The van der Waals surface area contributed by atoms with Gasteiger partial charge in [-0.1, -0.05) is 6.92 Å². The number of nitriles is 1. The van der Waals surface area contributed by atoms with Gasteiger partial charge in [-0.15, -0.1) is 0 Å². The van der Waals surface area contributed by atoms with E-state index in [1.165, 1.54) is 0 Å². The number of carboxylic acids is 1. The molecular weight excluding hydrogens is 218 g/mol. The number of aliphatic carboxylic acids is 1. The molecule has 0 aliphatic carbocycles. The van der Waals surface area contributed by atoms with Crippen LogP contribution < -0.4 is 5.32 Å². The summed E-state index contributed by atoms with van der Waals surface area (Å²) in [5.41, 5.74) is -0.444. The molecule has 0 aromatic carbocycles. The first kappa shape index (κ1) is 13.0. The number of aromatic nitrogens is 1. The molecule has 0 bridgehead atoms. The van der Waals surface area contributed by atoms with E-state index < -0.39 is 11.4 Å². The van der Waals surface area contributed by atoms with E-state index in [9.17, 15) is 4.79 Å². The van der Waals surface area contributed by atoms with Crippen LogP contribution in [0.3, 0.4) is 0 Å². The van der Waals surface area contributed by atoms with Crippen molar-refractivity contribution in [2.24, 2.45) is 5.41 Å². The van der Waals surface area contributed by atoms with Crippen molar-refractivity contribution in [3.05, 3.63) is 23.9 Å². The van der Waals surface area contributed by atoms with Crippen molar-refractivity contribution in [2.75, 3.05) is 11.9 Å². The van der Waals surface area contributed by atoms with Crippen LogP contribution in [0, 0.1) is 16.7 Å². The summed E-state index contributed by atoms with van der Waals surface area (Å²) in [4.78, 5) is 15.1. The van der Waals surface area contributed by atoms with E-state index in [0.29, 0.717) is 17.8 Å². The van der Waals surface area contributed by atoms with Crippen molar-refractivity contribution in [2.45, 2.75) is 20.3 Å². The van der Waals surface area contributed by atoms with Gasteiger partial charge in [-0.25, -0.2) is 4.98 Å². The molecule has 0 fully saturated rings. The third-order valence-corrected chi connectivity index (χ3v) is 2.87. The fraction of sp³-hybridized carbons (Fsp3) is 0.417. The highest BCUT2D eigenvalue weighted by Gasteiger charge is 2.31. The number of anilines is 1. The van der Waals surface area contributed by atoms with Crippen molar-refractivity contribution in [3.63, 3.8) is 0 Å². The van der Waals surface area contributed by atoms with Gasteiger partial charge < -0.3 is 10.4 Å². The Morgan fingerprint density at radius 2 is 2.41 bits per heavy atom. The van der Waals surface area contributed by atoms with Gasteiger partial charge in [-0.3, -0.25) is 4.79 Å². The van der Waals surface area contributed by atoms with Crippen LogP contribution in [0.2, 0.25) is 0 Å². The van der Waals surface area contributed by atoms with Gasteiger partial charge in [0.25, 0.3) is 0 Å². The fourth-order valence-electron chi connectivity index (χ4n) is 1.27. The number of carboxylic acid groups (broad SMARTS) is 1. The average Bonchev–Trinajstić information content (AvgIpc) is 2.36. The Bertz CT molecular complexity index is 453. The lowest BCUT2D eigenvalue weighted by Crippen LogP contribution is -2.34. The summed E-state index contributed by atoms with van der Waals surface area (Å²) in [6.07, 6.45) is 2.07. The molecule has 0 radical (unpaired) electrons. The average molecular weight is 233 g/mol. The van der Waals surface area contributed by atoms with Crippen molar-refractivity contribution in [3.8, 4) is 6.07 Å². The van der Waals surface area contributed by atoms with Crippen LogP contribution in [-0.2, 0) is 4.79 Å². The number of hydrogen-bond donors (Lipinski definition) is 2. The third-order valence-electron chi connectivity index (χ3n) is 2.87. The topological polar surface area (TPSA) is 86.0 Å². The largest absolute Gasteiger partial charge is 0.481 e. The maximum Gasteiger partial charge on any atom is 0.311 e. The van der Waals surface area contributed by atoms with Crippen LogP contribution in [0.25, 0.3) is 0 Å². The number of nitrogens with one attached hydrogen (secondary N) is 1. The second kappa shape index (κ2) is 5.30. The second-order valence-corrected chi connectivity index (χ2v) is 4.08. The molecule has 0 saturated heterocycles. The second-order valence-electron chi connectivity index (χ2n) is 4.08. The maximum atomic E-state index is 11.1. The Balaban J connectivity index is 2.80. The normalized spacial score (nSPS) is 13.5. The van der Waals surface area contributed by atoms with E-state index in [-0.39, 0.29) is 6.54 Å². The standard InChI is InChI=1S/C12H15N3O2/c1-3-12(2,11(16)17)8-15-10-9(7-13)5-4-6-14-10/h4-6H,3,8H2,1-2H3,(H,14,15)(H,16,17). The molecule has 17 heavy (non-hydrogen) atoms. The van der Waals surface area contributed by atoms with Crippen molar-refractivity contribution < 1.29 is 9.90 Å². The Kier molecular flexibility index (Phi) is 4.05. The van der Waals surface area contributed by atoms with Gasteiger partial charge in [0.15, 0.2) is 0 Å². The summed E-state index contributed by atoms with van der Waals surface area (Å²) in [6.45, 7) is 3.72. The number of hydrogen-bond acceptors (Lipinski definition) is 4. The van der Waals surface area contributed by atoms with E-state index in [0.717, 1.165) is 0 Å². The van der Waals surface area contributed by atoms with Crippen LogP contribution in [-0.4, -0.2) is 22.6 Å². The Labute approximate surface area is 100 Å². The molecule has 1 atom stereocenters. The Morgan fingerprint density at radius 3 is 2.94 bits per heavy atom. The highest BCUT2D eigenvalue weighted by Crippen LogP contribution is 2.22. The molecule has 0 saturated carbocycles. The zero-order valence-electron chi connectivity index (χ0n) is 9.90. The molecule has 0 aliphatic heterocycles. The van der Waals surface area contributed by atoms with Crippen molar-refractivity contribution in [1.29, 1.82) is 5.26 Å². The molecule has 0 aliphatic rings. The van der Waals surface area contributed by atoms with Gasteiger partial charge in [0, 0.05) is 12.7 Å². The molecule has 0 spiro atoms. The van der Waals surface area contributed by atoms with Crippen LogP contribution in [0.15, 0.2) is 18.3 Å². The molecule has 1 heterocycles. The van der Waals surface area contributed by atoms with E-state index in [4.69, 9.17) is 10.4 Å². The minimum absolute atomic E-state index is 0.241. The molecule has 1 unspecified atom stereocenters. The van der Waals surface area contributed by atoms with Crippen LogP contribution >= 0.6 is 0 Å². The molecule has 1 aromatic heterocycles. The zero-order valence-corrected chi connectivity index (χ0v) is 9.90. The molecule has 2 N–H and O–H groups in total. The lowest BCUT2D eigenvalue weighted by molar-refractivity contribution is -0.147. The van der Waals surface area contributed by atoms with Gasteiger partial charge in [0.05, 0.1) is 11.0 Å². The highest BCUT2D eigenvalue weighted by molar-refractivity contribution is 5.75. The summed E-state index contributed by atoms with van der Waals surface area (Å²) >= 11 is 0. The molecule has 1 aromatic rings. The van der Waals surface area contributed by atoms with E-state index in [2.05, 4.69) is 10.3 Å². The molecule has 0 amide bonds. The summed E-state index contributed by atoms with van der Waals surface area (Å²) in [5.74, 6) is -0.433. The first-order chi connectivity index (χ1) is 8.03. The SMILES string of the molecule is CCC(C)(CNc1ncccc1C#N)C(=O)O. The van der Waals surface area contributed by atoms with Gasteiger partial charge in [-0.05, 0) is 25.5 Å². The predicted octanol–water partition coefficient (Wildman–Crippen LogP) is 1.87. The van der Waals surface area contributed by atoms with E-state index >= 15 is 0 Å². The van der Waals surface area contributed by atoms with Crippen LogP contribution in [0.1, 0.15) is 25.8 Å². The molecule has 90 valence electrons. The van der Waals surface area contributed by atoms with E-state index in [1.54, 1.807) is 25.3 Å². The predicted molar refractivity (Wildman–Crippen MR) is 63.5 cm³/mol. The monoisotopic (exact) mass is 233 g/mol. The van der Waals surface area contributed by atoms with Gasteiger partial charge in [0.1, 0.15) is 11.9 Å². The Hall–Kier alpha value is -2.09. The summed E-state index contributed by atoms with van der Waals surface area (Å²) in [7, 11) is 0. The summed E-state index contributed by atoms with van der Waals surface area (Å²) < 4.78 is 0. The molecular formula is C12H15N3O2. The quantitative estimate of drug-likeness (QED) is 0.810. The van der Waals surface area contributed by atoms with Crippen molar-refractivity contribution in [1.82, 2.24) is 4.98 Å². The third kappa shape index (κ3) is 2.94. The number of carbonyl (C=O) groups is 1. The van der Waals surface area contributed by atoms with Crippen LogP contribution in [0.5, 0.6) is 0 Å². The first-order valence-corrected chi connectivity index (χ1v) is 5.36. The van der Waals surface area contributed by atoms with Gasteiger partial charge in [-0.2, -0.15) is 5.26 Å². The van der Waals surface area contributed by atoms with Gasteiger partial charge >= 0.3 is 5.97 Å². The Morgan fingerprint density at radius 1 is 1.71 bits per heavy atom. The van der Waals surface area contributed by atoms with Crippen molar-refractivity contribution >= 4 is 11.8 Å². The smallest absolute Gasteiger partial charge is 0.311 e. The van der Waals surface area contributed by atoms with Crippen LogP contribution in [0.4, 0.5) is 5.82 Å². The lowest BCUT2D eigenvalue weighted by Gasteiger charge is -2.23. The lowest BCUT2D eigenvalue weighted by atomic mass is 9.88. The number of pyridine rings is 1. The molecule has 1 rings (SSSR count). The maximum absolute atomic E-state index is 11.1. The first-order valence-electron chi connectivity index (χ1n) is 5.36. The number of nitrogens with zero attached hydrogens (tertiary/aromatic N) is 2. The minimum Gasteiger partial charge on any atom is -0.481 e.